The first kappa shape index (κ1) is 11.4. The van der Waals surface area contributed by atoms with Crippen LogP contribution in [0.4, 0.5) is 5.95 Å². The average Bonchev–Trinajstić information content (AvgIpc) is 2.26. The third kappa shape index (κ3) is 3.55. The van der Waals surface area contributed by atoms with E-state index < -0.39 is 0 Å². The Morgan fingerprint density at radius 3 is 2.40 bits per heavy atom. The van der Waals surface area contributed by atoms with Gasteiger partial charge < -0.3 is 19.9 Å². The molecule has 15 heavy (non-hydrogen) atoms. The van der Waals surface area contributed by atoms with Crippen LogP contribution < -0.4 is 14.8 Å². The fourth-order valence-electron chi connectivity index (χ4n) is 0.845. The van der Waals surface area contributed by atoms with E-state index in [-0.39, 0.29) is 25.2 Å². The Balaban J connectivity index is 2.79. The molecule has 0 aliphatic heterocycles. The molecule has 0 saturated carbocycles. The monoisotopic (exact) mass is 214 g/mol. The fraction of sp³-hybridized carbons (Fsp3) is 0.625. The van der Waals surface area contributed by atoms with Crippen molar-refractivity contribution in [3.8, 4) is 12.0 Å². The summed E-state index contributed by atoms with van der Waals surface area (Å²) >= 11 is 0. The summed E-state index contributed by atoms with van der Waals surface area (Å²) in [6.45, 7) is 2.34. The smallest absolute Gasteiger partial charge is 0.324 e. The van der Waals surface area contributed by atoms with Crippen LogP contribution in [0.5, 0.6) is 12.0 Å². The van der Waals surface area contributed by atoms with Gasteiger partial charge in [-0.15, -0.1) is 4.98 Å². The molecule has 7 heteroatoms. The first-order valence-corrected chi connectivity index (χ1v) is 4.60. The number of aromatic nitrogens is 3. The zero-order chi connectivity index (χ0) is 11.1. The van der Waals surface area contributed by atoms with Crippen LogP contribution in [0.2, 0.25) is 0 Å². The highest BCUT2D eigenvalue weighted by Gasteiger charge is 2.06. The normalized spacial score (nSPS) is 9.80. The molecular formula is C8H14N4O3. The Hall–Kier alpha value is -1.63. The lowest BCUT2D eigenvalue weighted by Gasteiger charge is -2.06. The number of rotatable bonds is 6. The van der Waals surface area contributed by atoms with Gasteiger partial charge in [0, 0.05) is 7.05 Å². The first-order chi connectivity index (χ1) is 7.30. The lowest BCUT2D eigenvalue weighted by molar-refractivity contribution is 0.188. The van der Waals surface area contributed by atoms with Gasteiger partial charge in [-0.1, -0.05) is 0 Å². The number of hydrogen-bond acceptors (Lipinski definition) is 7. The molecule has 0 aliphatic rings. The van der Waals surface area contributed by atoms with Crippen molar-refractivity contribution >= 4 is 5.95 Å². The molecule has 0 amide bonds. The van der Waals surface area contributed by atoms with Gasteiger partial charge in [-0.3, -0.25) is 0 Å². The molecule has 0 spiro atoms. The molecule has 7 nitrogen and oxygen atoms in total. The Labute approximate surface area is 87.5 Å². The maximum absolute atomic E-state index is 8.58. The molecule has 0 aliphatic carbocycles. The Morgan fingerprint density at radius 1 is 1.20 bits per heavy atom. The maximum atomic E-state index is 8.58. The van der Waals surface area contributed by atoms with E-state index >= 15 is 0 Å². The van der Waals surface area contributed by atoms with Gasteiger partial charge in [0.05, 0.1) is 13.2 Å². The van der Waals surface area contributed by atoms with Crippen LogP contribution in [-0.2, 0) is 0 Å². The summed E-state index contributed by atoms with van der Waals surface area (Å²) in [5.74, 6) is 0.362. The molecule has 0 saturated heterocycles. The molecule has 0 bridgehead atoms. The van der Waals surface area contributed by atoms with E-state index in [9.17, 15) is 0 Å². The van der Waals surface area contributed by atoms with Gasteiger partial charge in [-0.05, 0) is 6.92 Å². The van der Waals surface area contributed by atoms with Crippen molar-refractivity contribution in [2.24, 2.45) is 0 Å². The number of aliphatic hydroxyl groups excluding tert-OH is 1. The SMILES string of the molecule is CCOc1nc(NC)nc(OCCO)n1. The van der Waals surface area contributed by atoms with Crippen LogP contribution in [0, 0.1) is 0 Å². The van der Waals surface area contributed by atoms with E-state index in [4.69, 9.17) is 14.6 Å². The van der Waals surface area contributed by atoms with Gasteiger partial charge >= 0.3 is 12.0 Å². The minimum Gasteiger partial charge on any atom is -0.464 e. The Morgan fingerprint density at radius 2 is 1.87 bits per heavy atom. The summed E-state index contributed by atoms with van der Waals surface area (Å²) in [5.41, 5.74) is 0. The van der Waals surface area contributed by atoms with Gasteiger partial charge in [-0.25, -0.2) is 0 Å². The summed E-state index contributed by atoms with van der Waals surface area (Å²) in [6, 6.07) is 0.330. The largest absolute Gasteiger partial charge is 0.464 e. The zero-order valence-corrected chi connectivity index (χ0v) is 8.73. The molecule has 1 heterocycles. The van der Waals surface area contributed by atoms with Crippen molar-refractivity contribution in [1.29, 1.82) is 0 Å². The standard InChI is InChI=1S/C8H14N4O3/c1-3-14-7-10-6(9-2)11-8(12-7)15-5-4-13/h13H,3-5H2,1-2H3,(H,9,10,11,12). The van der Waals surface area contributed by atoms with Crippen LogP contribution in [0.3, 0.4) is 0 Å². The van der Waals surface area contributed by atoms with E-state index in [1.54, 1.807) is 7.05 Å². The minimum absolute atomic E-state index is 0.0927. The van der Waals surface area contributed by atoms with Crippen LogP contribution >= 0.6 is 0 Å². The van der Waals surface area contributed by atoms with Gasteiger partial charge in [0.15, 0.2) is 0 Å². The van der Waals surface area contributed by atoms with E-state index in [2.05, 4.69) is 20.3 Å². The average molecular weight is 214 g/mol. The zero-order valence-electron chi connectivity index (χ0n) is 8.73. The van der Waals surface area contributed by atoms with Gasteiger partial charge in [0.2, 0.25) is 5.95 Å². The highest BCUT2D eigenvalue weighted by atomic mass is 16.5. The Kier molecular flexibility index (Phi) is 4.55. The third-order valence-corrected chi connectivity index (χ3v) is 1.41. The summed E-state index contributed by atoms with van der Waals surface area (Å²) in [6.07, 6.45) is 0. The number of aliphatic hydroxyl groups is 1. The second-order valence-electron chi connectivity index (χ2n) is 2.48. The topological polar surface area (TPSA) is 89.4 Å². The van der Waals surface area contributed by atoms with E-state index in [1.807, 2.05) is 6.92 Å². The quantitative estimate of drug-likeness (QED) is 0.670. The number of ether oxygens (including phenoxy) is 2. The molecule has 2 N–H and O–H groups in total. The maximum Gasteiger partial charge on any atom is 0.324 e. The van der Waals surface area contributed by atoms with Crippen molar-refractivity contribution in [3.63, 3.8) is 0 Å². The predicted octanol–water partition coefficient (Wildman–Crippen LogP) is -0.317. The number of hydrogen-bond donors (Lipinski definition) is 2. The van der Waals surface area contributed by atoms with Gasteiger partial charge in [0.25, 0.3) is 0 Å². The second kappa shape index (κ2) is 5.97. The third-order valence-electron chi connectivity index (χ3n) is 1.41. The second-order valence-corrected chi connectivity index (χ2v) is 2.48. The van der Waals surface area contributed by atoms with Crippen LogP contribution in [0.15, 0.2) is 0 Å². The van der Waals surface area contributed by atoms with Crippen LogP contribution in [0.1, 0.15) is 6.92 Å². The van der Waals surface area contributed by atoms with Crippen LogP contribution in [0.25, 0.3) is 0 Å². The summed E-state index contributed by atoms with van der Waals surface area (Å²) in [4.78, 5) is 11.8. The molecule has 1 aromatic rings. The molecule has 0 aromatic carbocycles. The molecule has 84 valence electrons. The molecule has 1 aromatic heterocycles. The van der Waals surface area contributed by atoms with Gasteiger partial charge in [-0.2, -0.15) is 9.97 Å². The van der Waals surface area contributed by atoms with E-state index in [1.165, 1.54) is 0 Å². The summed E-state index contributed by atoms with van der Waals surface area (Å²) in [7, 11) is 1.68. The van der Waals surface area contributed by atoms with Crippen molar-refractivity contribution < 1.29 is 14.6 Å². The fourth-order valence-corrected chi connectivity index (χ4v) is 0.845. The van der Waals surface area contributed by atoms with Crippen LogP contribution in [-0.4, -0.2) is 46.9 Å². The van der Waals surface area contributed by atoms with E-state index in [0.717, 1.165) is 0 Å². The molecule has 0 fully saturated rings. The number of anilines is 1. The van der Waals surface area contributed by atoms with Crippen molar-refractivity contribution in [3.05, 3.63) is 0 Å². The molecule has 0 atom stereocenters. The predicted molar refractivity (Wildman–Crippen MR) is 53.1 cm³/mol. The number of nitrogens with zero attached hydrogens (tertiary/aromatic N) is 3. The highest BCUT2D eigenvalue weighted by Crippen LogP contribution is 2.12. The summed E-state index contributed by atoms with van der Waals surface area (Å²) < 4.78 is 10.2. The highest BCUT2D eigenvalue weighted by molar-refractivity contribution is 5.26. The van der Waals surface area contributed by atoms with E-state index in [0.29, 0.717) is 12.6 Å². The van der Waals surface area contributed by atoms with Gasteiger partial charge in [0.1, 0.15) is 6.61 Å². The lowest BCUT2D eigenvalue weighted by Crippen LogP contribution is -2.09. The molecule has 0 radical (unpaired) electrons. The minimum atomic E-state index is -0.0927. The summed E-state index contributed by atoms with van der Waals surface area (Å²) in [5, 5.41) is 11.3. The van der Waals surface area contributed by atoms with Crippen molar-refractivity contribution in [1.82, 2.24) is 15.0 Å². The molecule has 1 rings (SSSR count). The van der Waals surface area contributed by atoms with Crippen molar-refractivity contribution in [2.45, 2.75) is 6.92 Å². The number of nitrogens with one attached hydrogen (secondary N) is 1. The molecular weight excluding hydrogens is 200 g/mol. The van der Waals surface area contributed by atoms with Crippen molar-refractivity contribution in [2.75, 3.05) is 32.2 Å². The lowest BCUT2D eigenvalue weighted by atomic mass is 10.8. The molecule has 0 unspecified atom stereocenters. The first-order valence-electron chi connectivity index (χ1n) is 4.60. The Bertz CT molecular complexity index is 308.